The predicted molar refractivity (Wildman–Crippen MR) is 198 cm³/mol. The fraction of sp³-hybridized carbons (Fsp3) is 0.605. The molecule has 1 N–H and O–H groups in total. The molecule has 4 aliphatic rings. The number of pyridine rings is 1. The van der Waals surface area contributed by atoms with Crippen LogP contribution in [0.2, 0.25) is 43.8 Å². The van der Waals surface area contributed by atoms with E-state index in [2.05, 4.69) is 77.0 Å². The van der Waals surface area contributed by atoms with Crippen molar-refractivity contribution >= 4 is 33.0 Å². The molecule has 2 unspecified atom stereocenters. The van der Waals surface area contributed by atoms with Crippen LogP contribution in [-0.4, -0.2) is 82.3 Å². The van der Waals surface area contributed by atoms with Gasteiger partial charge in [-0.15, -0.1) is 0 Å². The highest BCUT2D eigenvalue weighted by molar-refractivity contribution is 6.76. The van der Waals surface area contributed by atoms with E-state index in [1.165, 1.54) is 24.0 Å². The molecule has 3 saturated heterocycles. The maximum Gasteiger partial charge on any atom is 0.198 e. The molecule has 3 fully saturated rings. The number of nitrogens with zero attached hydrogens (tertiary/aromatic N) is 2. The maximum absolute atomic E-state index is 15.9. The number of halogens is 1. The van der Waals surface area contributed by atoms with E-state index in [0.29, 0.717) is 54.5 Å². The SMILES string of the molecule is CC(C)(C)[Si](C)(C)O[C@@H]1CO[C@H]2[C@@H]1OC[C@H]2Oc1cc2nc(-c3ccc(C4=CC5CCC(C4)N5)cc3)c(F)cc2n1COCC[Si](C)(C)C. The Labute approximate surface area is 292 Å². The summed E-state index contributed by atoms with van der Waals surface area (Å²) >= 11 is 0. The first-order valence-corrected chi connectivity index (χ1v) is 24.7. The lowest BCUT2D eigenvalue weighted by Crippen LogP contribution is -2.47. The molecule has 6 heterocycles. The number of aromatic nitrogens is 2. The van der Waals surface area contributed by atoms with Crippen LogP contribution in [0.3, 0.4) is 0 Å². The number of rotatable bonds is 11. The summed E-state index contributed by atoms with van der Waals surface area (Å²) in [5.74, 6) is 0.197. The number of hydrogen-bond acceptors (Lipinski definition) is 7. The van der Waals surface area contributed by atoms with E-state index in [1.807, 2.05) is 22.8 Å². The Morgan fingerprint density at radius 3 is 2.35 bits per heavy atom. The minimum absolute atomic E-state index is 0.0868. The molecule has 7 rings (SSSR count). The summed E-state index contributed by atoms with van der Waals surface area (Å²) in [6.45, 7) is 20.0. The highest BCUT2D eigenvalue weighted by Gasteiger charge is 2.52. The van der Waals surface area contributed by atoms with Gasteiger partial charge >= 0.3 is 0 Å². The van der Waals surface area contributed by atoms with Gasteiger partial charge in [0, 0.05) is 44.5 Å². The van der Waals surface area contributed by atoms with E-state index in [-0.39, 0.29) is 42.0 Å². The molecule has 0 radical (unpaired) electrons. The van der Waals surface area contributed by atoms with Gasteiger partial charge in [-0.25, -0.2) is 9.37 Å². The van der Waals surface area contributed by atoms with Crippen molar-refractivity contribution in [3.8, 4) is 17.1 Å². The normalized spacial score (nSPS) is 27.2. The topological polar surface area (TPSA) is 76.0 Å². The second-order valence-corrected chi connectivity index (χ2v) is 27.5. The van der Waals surface area contributed by atoms with Crippen molar-refractivity contribution in [3.05, 3.63) is 53.9 Å². The molecule has 0 saturated carbocycles. The summed E-state index contributed by atoms with van der Waals surface area (Å²) < 4.78 is 49.9. The quantitative estimate of drug-likeness (QED) is 0.160. The third-order valence-corrected chi connectivity index (χ3v) is 17.4. The Morgan fingerprint density at radius 2 is 1.65 bits per heavy atom. The number of fused-ring (bicyclic) bond motifs is 4. The third kappa shape index (κ3) is 7.35. The van der Waals surface area contributed by atoms with E-state index in [1.54, 1.807) is 6.07 Å². The third-order valence-electron chi connectivity index (χ3n) is 11.2. The molecular formula is C38H54FN3O5Si2. The summed E-state index contributed by atoms with van der Waals surface area (Å²) in [4.78, 5) is 4.86. The maximum atomic E-state index is 15.9. The Balaban J connectivity index is 1.13. The zero-order valence-electron chi connectivity index (χ0n) is 30.5. The lowest BCUT2D eigenvalue weighted by molar-refractivity contribution is 0.00859. The van der Waals surface area contributed by atoms with Gasteiger partial charge in [-0.2, -0.15) is 0 Å². The number of benzene rings is 1. The van der Waals surface area contributed by atoms with Crippen LogP contribution in [0.1, 0.15) is 45.6 Å². The van der Waals surface area contributed by atoms with Crippen molar-refractivity contribution in [1.82, 2.24) is 14.9 Å². The molecule has 4 aliphatic heterocycles. The summed E-state index contributed by atoms with van der Waals surface area (Å²) in [6.07, 6.45) is 4.91. The lowest BCUT2D eigenvalue weighted by Gasteiger charge is -2.39. The van der Waals surface area contributed by atoms with Crippen molar-refractivity contribution in [2.24, 2.45) is 0 Å². The standard InChI is InChI=1S/C38H54FN3O5Si2/c1-38(2,3)49(7,8)47-33-22-45-36-32(21-44-37(33)36)46-34-20-30-31(42(34)23-43-15-16-48(4,5)6)19-29(39)35(41-30)25-11-9-24(10-12-25)26-17-27-13-14-28(18-26)40-27/h9-12,17,19-20,27-28,32-33,36-37,40H,13-16,18,21-23H2,1-8H3/t27?,28?,32-,33-,36-,37-/m1/s1. The second-order valence-electron chi connectivity index (χ2n) is 17.2. The van der Waals surface area contributed by atoms with Crippen LogP contribution in [0, 0.1) is 5.82 Å². The van der Waals surface area contributed by atoms with E-state index in [9.17, 15) is 0 Å². The molecule has 3 aromatic rings. The molecule has 49 heavy (non-hydrogen) atoms. The zero-order chi connectivity index (χ0) is 34.7. The van der Waals surface area contributed by atoms with E-state index >= 15 is 4.39 Å². The van der Waals surface area contributed by atoms with E-state index < -0.39 is 16.4 Å². The van der Waals surface area contributed by atoms with Gasteiger partial charge in [-0.05, 0) is 54.6 Å². The van der Waals surface area contributed by atoms with Crippen LogP contribution >= 0.6 is 0 Å². The van der Waals surface area contributed by atoms with Crippen LogP contribution in [-0.2, 0) is 25.4 Å². The van der Waals surface area contributed by atoms with Gasteiger partial charge in [0.15, 0.2) is 26.1 Å². The van der Waals surface area contributed by atoms with Crippen molar-refractivity contribution in [2.75, 3.05) is 19.8 Å². The first-order valence-electron chi connectivity index (χ1n) is 18.1. The average molecular weight is 708 g/mol. The molecule has 2 bridgehead atoms. The second kappa shape index (κ2) is 13.3. The minimum Gasteiger partial charge on any atom is -0.470 e. The van der Waals surface area contributed by atoms with Crippen molar-refractivity contribution in [1.29, 1.82) is 0 Å². The number of hydrogen-bond donors (Lipinski definition) is 1. The Bertz CT molecular complexity index is 1700. The molecule has 8 nitrogen and oxygen atoms in total. The minimum atomic E-state index is -2.01. The van der Waals surface area contributed by atoms with Gasteiger partial charge in [-0.3, -0.25) is 4.57 Å². The van der Waals surface area contributed by atoms with Crippen LogP contribution in [0.5, 0.6) is 5.88 Å². The van der Waals surface area contributed by atoms with Crippen LogP contribution in [0.15, 0.2) is 42.5 Å². The monoisotopic (exact) mass is 707 g/mol. The van der Waals surface area contributed by atoms with Gasteiger partial charge in [-0.1, -0.05) is 70.8 Å². The van der Waals surface area contributed by atoms with Gasteiger partial charge < -0.3 is 28.7 Å². The smallest absolute Gasteiger partial charge is 0.198 e. The molecule has 6 atom stereocenters. The van der Waals surface area contributed by atoms with Crippen LogP contribution < -0.4 is 10.1 Å². The average Bonchev–Trinajstić information content (AvgIpc) is 3.78. The fourth-order valence-corrected chi connectivity index (χ4v) is 9.28. The van der Waals surface area contributed by atoms with E-state index in [4.69, 9.17) is 28.4 Å². The molecule has 266 valence electrons. The number of ether oxygens (including phenoxy) is 4. The summed E-state index contributed by atoms with van der Waals surface area (Å²) in [5, 5.41) is 3.74. The molecule has 11 heteroatoms. The largest absolute Gasteiger partial charge is 0.470 e. The van der Waals surface area contributed by atoms with Crippen molar-refractivity contribution in [3.63, 3.8) is 0 Å². The van der Waals surface area contributed by atoms with Gasteiger partial charge in [0.25, 0.3) is 0 Å². The summed E-state index contributed by atoms with van der Waals surface area (Å²) in [7, 11) is -3.30. The van der Waals surface area contributed by atoms with Gasteiger partial charge in [0.05, 0.1) is 30.4 Å². The molecule has 1 aromatic carbocycles. The molecule has 0 aliphatic carbocycles. The fourth-order valence-electron chi connectivity index (χ4n) is 7.21. The Kier molecular flexibility index (Phi) is 9.51. The molecule has 0 amide bonds. The number of nitrogens with one attached hydrogen (secondary N) is 1. The van der Waals surface area contributed by atoms with Crippen molar-refractivity contribution < 1.29 is 27.8 Å². The van der Waals surface area contributed by atoms with Crippen LogP contribution in [0.25, 0.3) is 27.9 Å². The predicted octanol–water partition coefficient (Wildman–Crippen LogP) is 8.00. The molecule has 0 spiro atoms. The van der Waals surface area contributed by atoms with Gasteiger partial charge in [0.1, 0.15) is 24.6 Å². The van der Waals surface area contributed by atoms with Gasteiger partial charge in [0.2, 0.25) is 0 Å². The molecule has 2 aromatic heterocycles. The van der Waals surface area contributed by atoms with Crippen molar-refractivity contribution in [2.45, 2.75) is 127 Å². The summed E-state index contributed by atoms with van der Waals surface area (Å²) in [5.41, 5.74) is 4.94. The zero-order valence-corrected chi connectivity index (χ0v) is 32.5. The van der Waals surface area contributed by atoms with Crippen LogP contribution in [0.4, 0.5) is 4.39 Å². The summed E-state index contributed by atoms with van der Waals surface area (Å²) in [6, 6.07) is 13.7. The highest BCUT2D eigenvalue weighted by atomic mass is 28.4. The highest BCUT2D eigenvalue weighted by Crippen LogP contribution is 2.41. The Morgan fingerprint density at radius 1 is 0.959 bits per heavy atom. The molecular weight excluding hydrogens is 654 g/mol. The lowest BCUT2D eigenvalue weighted by atomic mass is 9.95. The Hall–Kier alpha value is -2.39. The first kappa shape index (κ1) is 35.0. The van der Waals surface area contributed by atoms with E-state index in [0.717, 1.165) is 18.0 Å². The first-order chi connectivity index (χ1) is 23.1.